The predicted molar refractivity (Wildman–Crippen MR) is 107 cm³/mol. The minimum Gasteiger partial charge on any atom is -0.496 e. The van der Waals surface area contributed by atoms with Gasteiger partial charge in [-0.1, -0.05) is 0 Å². The van der Waals surface area contributed by atoms with E-state index in [-0.39, 0.29) is 35.2 Å². The molecule has 2 aromatic rings. The molecular weight excluding hydrogens is 392 g/mol. The smallest absolute Gasteiger partial charge is 0.298 e. The Morgan fingerprint density at radius 3 is 2.11 bits per heavy atom. The summed E-state index contributed by atoms with van der Waals surface area (Å²) in [5.41, 5.74) is 0.0706. The Morgan fingerprint density at radius 2 is 1.54 bits per heavy atom. The molecule has 0 atom stereocenters. The van der Waals surface area contributed by atoms with Gasteiger partial charge in [0.2, 0.25) is 0 Å². The van der Waals surface area contributed by atoms with E-state index < -0.39 is 9.85 Å². The number of benzene rings is 2. The van der Waals surface area contributed by atoms with Crippen molar-refractivity contribution in [3.8, 4) is 11.5 Å². The van der Waals surface area contributed by atoms with Crippen LogP contribution in [0.5, 0.6) is 11.5 Å². The summed E-state index contributed by atoms with van der Waals surface area (Å²) in [6.45, 7) is 0. The van der Waals surface area contributed by atoms with Crippen molar-refractivity contribution >= 4 is 41.4 Å². The van der Waals surface area contributed by atoms with E-state index in [4.69, 9.17) is 9.47 Å². The molecule has 0 aliphatic rings. The molecule has 0 unspecified atom stereocenters. The fourth-order valence-corrected chi connectivity index (χ4v) is 2.10. The Labute approximate surface area is 166 Å². The first-order valence-corrected chi connectivity index (χ1v) is 7.57. The summed E-state index contributed by atoms with van der Waals surface area (Å²) in [7, 11) is 2.83. The van der Waals surface area contributed by atoms with Gasteiger partial charge in [-0.15, -0.1) is 12.4 Å². The topological polar surface area (TPSA) is 129 Å². The van der Waals surface area contributed by atoms with Crippen molar-refractivity contribution in [2.45, 2.75) is 0 Å². The van der Waals surface area contributed by atoms with E-state index in [9.17, 15) is 20.2 Å². The maximum absolute atomic E-state index is 11.1. The highest BCUT2D eigenvalue weighted by Crippen LogP contribution is 2.31. The van der Waals surface area contributed by atoms with E-state index in [1.165, 1.54) is 57.0 Å². The number of methoxy groups -OCH3 is 2. The number of rotatable bonds is 8. The maximum atomic E-state index is 11.1. The van der Waals surface area contributed by atoms with Gasteiger partial charge in [-0.25, -0.2) is 4.99 Å². The van der Waals surface area contributed by atoms with Crippen molar-refractivity contribution in [2.75, 3.05) is 19.5 Å². The van der Waals surface area contributed by atoms with Gasteiger partial charge in [-0.3, -0.25) is 20.2 Å². The number of anilines is 1. The number of halogens is 1. The molecule has 0 heterocycles. The zero-order valence-electron chi connectivity index (χ0n) is 14.9. The van der Waals surface area contributed by atoms with Gasteiger partial charge in [0.15, 0.2) is 0 Å². The summed E-state index contributed by atoms with van der Waals surface area (Å²) >= 11 is 0. The summed E-state index contributed by atoms with van der Waals surface area (Å²) in [6.07, 6.45) is 4.22. The standard InChI is InChI=1S/C17H16N4O6.ClH/c1-26-12-4-6-14(16(10-12)20(22)23)18-8-3-9-19-15-7-5-13(27-2)11-17(15)21(24)25;/h3-11,18H,1-2H3;1H/b8-3+,19-9?;. The van der Waals surface area contributed by atoms with Gasteiger partial charge >= 0.3 is 0 Å². The highest BCUT2D eigenvalue weighted by Gasteiger charge is 2.15. The molecule has 2 rings (SSSR count). The second-order valence-electron chi connectivity index (χ2n) is 5.03. The second-order valence-corrected chi connectivity index (χ2v) is 5.03. The molecule has 1 N–H and O–H groups in total. The summed E-state index contributed by atoms with van der Waals surface area (Å²) in [5, 5.41) is 25.0. The molecule has 10 nitrogen and oxygen atoms in total. The van der Waals surface area contributed by atoms with Gasteiger partial charge < -0.3 is 14.8 Å². The molecular formula is C17H17ClN4O6. The average molecular weight is 409 g/mol. The molecule has 0 aromatic heterocycles. The first kappa shape index (κ1) is 22.4. The first-order chi connectivity index (χ1) is 13.0. The Hall–Kier alpha value is -3.66. The highest BCUT2D eigenvalue weighted by atomic mass is 35.5. The quantitative estimate of drug-likeness (QED) is 0.392. The SMILES string of the molecule is COc1ccc(N=C/C=C/Nc2ccc(OC)cc2[N+](=O)[O-])c([N+](=O)[O-])c1.Cl. The predicted octanol–water partition coefficient (Wildman–Crippen LogP) is 4.27. The van der Waals surface area contributed by atoms with Crippen LogP contribution in [0.25, 0.3) is 0 Å². The van der Waals surface area contributed by atoms with E-state index in [0.29, 0.717) is 11.5 Å². The lowest BCUT2D eigenvalue weighted by Crippen LogP contribution is -1.96. The number of nitrogens with one attached hydrogen (secondary N) is 1. The number of hydrogen-bond donors (Lipinski definition) is 1. The Bertz CT molecular complexity index is 917. The molecule has 0 fully saturated rings. The molecule has 28 heavy (non-hydrogen) atoms. The largest absolute Gasteiger partial charge is 0.496 e. The summed E-state index contributed by atoms with van der Waals surface area (Å²) in [4.78, 5) is 25.1. The van der Waals surface area contributed by atoms with Crippen LogP contribution in [0.4, 0.5) is 22.7 Å². The normalized spacial score (nSPS) is 10.5. The van der Waals surface area contributed by atoms with Gasteiger partial charge in [0.25, 0.3) is 11.4 Å². The summed E-state index contributed by atoms with van der Waals surface area (Å²) in [5.74, 6) is 0.717. The fraction of sp³-hybridized carbons (Fsp3) is 0.118. The Balaban J connectivity index is 0.00000392. The minimum atomic E-state index is -0.558. The second kappa shape index (κ2) is 10.5. The van der Waals surface area contributed by atoms with Gasteiger partial charge in [0.05, 0.1) is 36.2 Å². The third-order valence-electron chi connectivity index (χ3n) is 3.42. The molecule has 0 aliphatic heterocycles. The first-order valence-electron chi connectivity index (χ1n) is 7.57. The molecule has 0 aliphatic carbocycles. The molecule has 0 spiro atoms. The molecule has 2 aromatic carbocycles. The number of nitrogens with zero attached hydrogens (tertiary/aromatic N) is 3. The lowest BCUT2D eigenvalue weighted by molar-refractivity contribution is -0.384. The van der Waals surface area contributed by atoms with E-state index >= 15 is 0 Å². The number of ether oxygens (including phenoxy) is 2. The van der Waals surface area contributed by atoms with Crippen LogP contribution in [0.2, 0.25) is 0 Å². The Morgan fingerprint density at radius 1 is 0.964 bits per heavy atom. The third-order valence-corrected chi connectivity index (χ3v) is 3.42. The zero-order valence-corrected chi connectivity index (χ0v) is 15.7. The Kier molecular flexibility index (Phi) is 8.38. The highest BCUT2D eigenvalue weighted by molar-refractivity contribution is 5.85. The molecule has 11 heteroatoms. The van der Waals surface area contributed by atoms with E-state index in [0.717, 1.165) is 0 Å². The van der Waals surface area contributed by atoms with Crippen LogP contribution < -0.4 is 14.8 Å². The van der Waals surface area contributed by atoms with Crippen molar-refractivity contribution in [2.24, 2.45) is 4.99 Å². The van der Waals surface area contributed by atoms with Crippen LogP contribution >= 0.6 is 12.4 Å². The minimum absolute atomic E-state index is 0. The molecule has 0 saturated carbocycles. The van der Waals surface area contributed by atoms with Gasteiger partial charge in [0, 0.05) is 12.4 Å². The van der Waals surface area contributed by atoms with Crippen molar-refractivity contribution in [3.63, 3.8) is 0 Å². The number of hydrogen-bond acceptors (Lipinski definition) is 8. The summed E-state index contributed by atoms with van der Waals surface area (Å²) in [6, 6.07) is 8.68. The van der Waals surface area contributed by atoms with E-state index in [1.54, 1.807) is 12.1 Å². The van der Waals surface area contributed by atoms with E-state index in [2.05, 4.69) is 10.3 Å². The van der Waals surface area contributed by atoms with Crippen LogP contribution in [-0.4, -0.2) is 30.3 Å². The van der Waals surface area contributed by atoms with Crippen molar-refractivity contribution < 1.29 is 19.3 Å². The van der Waals surface area contributed by atoms with Crippen LogP contribution in [-0.2, 0) is 0 Å². The zero-order chi connectivity index (χ0) is 19.8. The molecule has 0 bridgehead atoms. The fourth-order valence-electron chi connectivity index (χ4n) is 2.10. The van der Waals surface area contributed by atoms with Gasteiger partial charge in [-0.05, 0) is 30.3 Å². The van der Waals surface area contributed by atoms with Crippen LogP contribution in [0.1, 0.15) is 0 Å². The monoisotopic (exact) mass is 408 g/mol. The number of nitro groups is 2. The average Bonchev–Trinajstić information content (AvgIpc) is 2.67. The van der Waals surface area contributed by atoms with Crippen molar-refractivity contribution in [1.29, 1.82) is 0 Å². The third kappa shape index (κ3) is 5.68. The number of nitro benzene ring substituents is 2. The van der Waals surface area contributed by atoms with E-state index in [1.807, 2.05) is 0 Å². The van der Waals surface area contributed by atoms with Crippen LogP contribution in [0.3, 0.4) is 0 Å². The van der Waals surface area contributed by atoms with Gasteiger partial charge in [-0.2, -0.15) is 0 Å². The van der Waals surface area contributed by atoms with Crippen LogP contribution in [0.15, 0.2) is 53.7 Å². The lowest BCUT2D eigenvalue weighted by atomic mass is 10.2. The summed E-state index contributed by atoms with van der Waals surface area (Å²) < 4.78 is 9.92. The number of allylic oxidation sites excluding steroid dienone is 1. The number of aliphatic imine (C=N–C) groups is 1. The maximum Gasteiger partial charge on any atom is 0.298 e. The van der Waals surface area contributed by atoms with Crippen molar-refractivity contribution in [1.82, 2.24) is 0 Å². The van der Waals surface area contributed by atoms with Crippen molar-refractivity contribution in [3.05, 3.63) is 68.9 Å². The van der Waals surface area contributed by atoms with Crippen LogP contribution in [0, 0.1) is 20.2 Å². The molecule has 148 valence electrons. The molecule has 0 saturated heterocycles. The van der Waals surface area contributed by atoms with Gasteiger partial charge in [0.1, 0.15) is 22.9 Å². The lowest BCUT2D eigenvalue weighted by Gasteiger charge is -2.04. The molecule has 0 amide bonds. The molecule has 0 radical (unpaired) electrons.